The van der Waals surface area contributed by atoms with E-state index in [1.54, 1.807) is 31.5 Å². The van der Waals surface area contributed by atoms with Gasteiger partial charge in [-0.2, -0.15) is 0 Å². The number of carbonyl (C=O) groups excluding carboxylic acids is 1. The number of aromatic nitrogens is 3. The Hall–Kier alpha value is -4.28. The Balaban J connectivity index is 1.45. The quantitative estimate of drug-likeness (QED) is 0.456. The molecule has 0 saturated heterocycles. The number of rotatable bonds is 5. The number of hydrogen-bond acceptors (Lipinski definition) is 5. The van der Waals surface area contributed by atoms with Crippen molar-refractivity contribution in [3.05, 3.63) is 66.9 Å². The molecule has 11 heteroatoms. The number of benzene rings is 2. The molecule has 0 radical (unpaired) electrons. The highest BCUT2D eigenvalue weighted by molar-refractivity contribution is 5.99. The molecule has 2 aromatic carbocycles. The Morgan fingerprint density at radius 2 is 1.66 bits per heavy atom. The van der Waals surface area contributed by atoms with Crippen molar-refractivity contribution in [1.29, 1.82) is 0 Å². The van der Waals surface area contributed by atoms with Gasteiger partial charge in [0.25, 0.3) is 0 Å². The number of nitrogens with zero attached hydrogens (tertiary/aromatic N) is 3. The zero-order valence-electron chi connectivity index (χ0n) is 16.6. The summed E-state index contributed by atoms with van der Waals surface area (Å²) in [5.41, 5.74) is 2.02. The molecule has 0 fully saturated rings. The second-order valence-electron chi connectivity index (χ2n) is 6.51. The van der Waals surface area contributed by atoms with Crippen LogP contribution in [0, 0.1) is 0 Å². The minimum absolute atomic E-state index is 0.289. The van der Waals surface area contributed by atoms with Gasteiger partial charge < -0.3 is 20.1 Å². The van der Waals surface area contributed by atoms with Crippen molar-refractivity contribution in [2.75, 3.05) is 17.7 Å². The minimum atomic E-state index is -4.78. The number of anilines is 2. The number of hydrogen-bond donors (Lipinski definition) is 2. The van der Waals surface area contributed by atoms with Crippen molar-refractivity contribution >= 4 is 23.1 Å². The summed E-state index contributed by atoms with van der Waals surface area (Å²) in [6, 6.07) is 14.9. The maximum Gasteiger partial charge on any atom is 0.573 e. The zero-order chi connectivity index (χ0) is 22.7. The third-order valence-electron chi connectivity index (χ3n) is 4.28. The lowest BCUT2D eigenvalue weighted by molar-refractivity contribution is -0.274. The number of urea groups is 1. The van der Waals surface area contributed by atoms with Gasteiger partial charge in [-0.25, -0.2) is 14.3 Å². The summed E-state index contributed by atoms with van der Waals surface area (Å²) in [4.78, 5) is 16.7. The second kappa shape index (κ2) is 8.46. The van der Waals surface area contributed by atoms with Gasteiger partial charge in [0.1, 0.15) is 11.5 Å². The molecule has 0 atom stereocenters. The van der Waals surface area contributed by atoms with Crippen LogP contribution in [0.15, 0.2) is 66.9 Å². The number of amides is 2. The van der Waals surface area contributed by atoms with Gasteiger partial charge in [0.2, 0.25) is 0 Å². The third-order valence-corrected chi connectivity index (χ3v) is 4.28. The molecule has 32 heavy (non-hydrogen) atoms. The number of pyridine rings is 1. The van der Waals surface area contributed by atoms with E-state index in [1.807, 2.05) is 18.2 Å². The highest BCUT2D eigenvalue weighted by Crippen LogP contribution is 2.27. The Morgan fingerprint density at radius 3 is 2.38 bits per heavy atom. The Bertz CT molecular complexity index is 1260. The van der Waals surface area contributed by atoms with Crippen molar-refractivity contribution in [2.24, 2.45) is 0 Å². The molecule has 0 aliphatic rings. The predicted molar refractivity (Wildman–Crippen MR) is 111 cm³/mol. The van der Waals surface area contributed by atoms with Gasteiger partial charge >= 0.3 is 12.4 Å². The van der Waals surface area contributed by atoms with Crippen molar-refractivity contribution in [2.45, 2.75) is 6.36 Å². The van der Waals surface area contributed by atoms with Crippen LogP contribution in [0.25, 0.3) is 17.0 Å². The number of alkyl halides is 3. The lowest BCUT2D eigenvalue weighted by Gasteiger charge is -2.10. The summed E-state index contributed by atoms with van der Waals surface area (Å²) < 4.78 is 47.3. The average Bonchev–Trinajstić information content (AvgIpc) is 3.17. The second-order valence-corrected chi connectivity index (χ2v) is 6.51. The van der Waals surface area contributed by atoms with E-state index in [4.69, 9.17) is 4.74 Å². The lowest BCUT2D eigenvalue weighted by atomic mass is 10.2. The maximum absolute atomic E-state index is 12.2. The van der Waals surface area contributed by atoms with Crippen molar-refractivity contribution in [3.63, 3.8) is 0 Å². The topological polar surface area (TPSA) is 89.8 Å². The number of halogens is 3. The first kappa shape index (κ1) is 21.0. The zero-order valence-corrected chi connectivity index (χ0v) is 16.6. The number of carbonyl (C=O) groups is 1. The van der Waals surface area contributed by atoms with Crippen molar-refractivity contribution < 1.29 is 27.4 Å². The molecule has 0 bridgehead atoms. The van der Waals surface area contributed by atoms with E-state index in [-0.39, 0.29) is 11.4 Å². The molecular weight excluding hydrogens is 427 g/mol. The van der Waals surface area contributed by atoms with E-state index < -0.39 is 12.4 Å². The molecule has 164 valence electrons. The van der Waals surface area contributed by atoms with Crippen LogP contribution in [0.4, 0.5) is 29.3 Å². The fourth-order valence-electron chi connectivity index (χ4n) is 2.93. The number of ether oxygens (including phenoxy) is 2. The summed E-state index contributed by atoms with van der Waals surface area (Å²) in [6.45, 7) is 0. The first-order valence-electron chi connectivity index (χ1n) is 9.24. The first-order chi connectivity index (χ1) is 15.3. The number of methoxy groups -OCH3 is 1. The van der Waals surface area contributed by atoms with Crippen LogP contribution in [0.1, 0.15) is 0 Å². The summed E-state index contributed by atoms with van der Waals surface area (Å²) in [7, 11) is 1.56. The largest absolute Gasteiger partial charge is 0.573 e. The molecule has 2 aromatic heterocycles. The van der Waals surface area contributed by atoms with Crippen molar-refractivity contribution in [1.82, 2.24) is 14.6 Å². The molecule has 2 amide bonds. The van der Waals surface area contributed by atoms with Crippen LogP contribution >= 0.6 is 0 Å². The molecule has 8 nitrogen and oxygen atoms in total. The highest BCUT2D eigenvalue weighted by Gasteiger charge is 2.30. The molecule has 0 spiro atoms. The van der Waals surface area contributed by atoms with Gasteiger partial charge in [0.05, 0.1) is 24.6 Å². The molecule has 0 aliphatic carbocycles. The van der Waals surface area contributed by atoms with E-state index in [9.17, 15) is 18.0 Å². The maximum atomic E-state index is 12.2. The van der Waals surface area contributed by atoms with Gasteiger partial charge in [-0.1, -0.05) is 12.1 Å². The number of fused-ring (bicyclic) bond motifs is 1. The molecule has 2 N–H and O–H groups in total. The first-order valence-corrected chi connectivity index (χ1v) is 9.24. The summed E-state index contributed by atoms with van der Waals surface area (Å²) in [6.07, 6.45) is -3.20. The minimum Gasteiger partial charge on any atom is -0.496 e. The molecular formula is C21H16F3N5O3. The molecule has 2 heterocycles. The van der Waals surface area contributed by atoms with Crippen LogP contribution in [-0.2, 0) is 0 Å². The van der Waals surface area contributed by atoms with Gasteiger partial charge in [0, 0.05) is 5.69 Å². The van der Waals surface area contributed by atoms with Crippen LogP contribution in [-0.4, -0.2) is 34.1 Å². The summed E-state index contributed by atoms with van der Waals surface area (Å²) in [5.74, 6) is 0.712. The average molecular weight is 443 g/mol. The fourth-order valence-corrected chi connectivity index (χ4v) is 2.93. The van der Waals surface area contributed by atoms with E-state index >= 15 is 0 Å². The third kappa shape index (κ3) is 4.89. The molecule has 4 aromatic rings. The molecule has 0 aliphatic heterocycles. The number of nitrogens with one attached hydrogen (secondary N) is 2. The fraction of sp³-hybridized carbons (Fsp3) is 0.0952. The Morgan fingerprint density at radius 1 is 0.969 bits per heavy atom. The normalized spacial score (nSPS) is 11.2. The SMILES string of the molecule is COc1ccccc1-c1nc2ccc(NC(=O)Nc3ccc(OC(F)(F)F)cc3)cn2n1. The van der Waals surface area contributed by atoms with E-state index in [2.05, 4.69) is 25.5 Å². The highest BCUT2D eigenvalue weighted by atomic mass is 19.4. The molecule has 0 saturated carbocycles. The molecule has 0 unspecified atom stereocenters. The standard InChI is InChI=1S/C21H16F3N5O3/c1-31-17-5-3-2-4-16(17)19-27-18-11-8-14(12-29(18)28-19)26-20(30)25-13-6-9-15(10-7-13)32-21(22,23)24/h2-12H,1H3,(H2,25,26,30). The lowest BCUT2D eigenvalue weighted by Crippen LogP contribution is -2.20. The van der Waals surface area contributed by atoms with Crippen LogP contribution < -0.4 is 20.1 Å². The Labute approximate surface area is 179 Å². The Kier molecular flexibility index (Phi) is 5.54. The van der Waals surface area contributed by atoms with Gasteiger partial charge in [-0.05, 0) is 48.5 Å². The van der Waals surface area contributed by atoms with Gasteiger partial charge in [-0.3, -0.25) is 0 Å². The summed E-state index contributed by atoms with van der Waals surface area (Å²) in [5, 5.41) is 9.59. The number of para-hydroxylation sites is 1. The van der Waals surface area contributed by atoms with Crippen molar-refractivity contribution in [3.8, 4) is 22.9 Å². The summed E-state index contributed by atoms with van der Waals surface area (Å²) >= 11 is 0. The van der Waals surface area contributed by atoms with Crippen LogP contribution in [0.5, 0.6) is 11.5 Å². The smallest absolute Gasteiger partial charge is 0.496 e. The van der Waals surface area contributed by atoms with E-state index in [0.717, 1.165) is 17.7 Å². The van der Waals surface area contributed by atoms with Gasteiger partial charge in [0.15, 0.2) is 11.5 Å². The molecule has 4 rings (SSSR count). The van der Waals surface area contributed by atoms with E-state index in [0.29, 0.717) is 22.9 Å². The van der Waals surface area contributed by atoms with E-state index in [1.165, 1.54) is 16.6 Å². The van der Waals surface area contributed by atoms with Gasteiger partial charge in [-0.15, -0.1) is 18.3 Å². The van der Waals surface area contributed by atoms with Crippen LogP contribution in [0.2, 0.25) is 0 Å². The van der Waals surface area contributed by atoms with Crippen LogP contribution in [0.3, 0.4) is 0 Å². The predicted octanol–water partition coefficient (Wildman–Crippen LogP) is 4.95. The monoisotopic (exact) mass is 443 g/mol.